The number of rotatable bonds is 7. The topological polar surface area (TPSA) is 42.9 Å². The normalized spacial score (nSPS) is 20.2. The van der Waals surface area contributed by atoms with Gasteiger partial charge in [-0.2, -0.15) is 13.2 Å². The fourth-order valence-corrected chi connectivity index (χ4v) is 4.48. The van der Waals surface area contributed by atoms with E-state index in [1.807, 2.05) is 9.80 Å². The molecule has 2 fully saturated rings. The van der Waals surface area contributed by atoms with Crippen molar-refractivity contribution in [3.63, 3.8) is 0 Å². The number of carbonyl (C=O) groups excluding carboxylic acids is 1. The summed E-state index contributed by atoms with van der Waals surface area (Å²) < 4.78 is 38.1. The van der Waals surface area contributed by atoms with Crippen LogP contribution in [0.2, 0.25) is 0 Å². The van der Waals surface area contributed by atoms with E-state index >= 15 is 0 Å². The molecule has 6 nitrogen and oxygen atoms in total. The molecule has 0 N–H and O–H groups in total. The Hall–Kier alpha value is -1.87. The fraction of sp³-hybridized carbons (Fsp3) is 0.727. The van der Waals surface area contributed by atoms with Crippen molar-refractivity contribution in [3.8, 4) is 0 Å². The minimum Gasteiger partial charge on any atom is -0.354 e. The van der Waals surface area contributed by atoms with Gasteiger partial charge in [0, 0.05) is 64.6 Å². The number of hydrogen-bond donors (Lipinski definition) is 0. The van der Waals surface area contributed by atoms with E-state index in [-0.39, 0.29) is 5.91 Å². The number of pyridine rings is 1. The Kier molecular flexibility index (Phi) is 8.16. The molecule has 2 saturated heterocycles. The SMILES string of the molecule is CCCC(CC)N1CCN(C(=O)CN2CCN(c3ccc(C(F)(F)F)cn3)CC2)CC1. The molecule has 9 heteroatoms. The lowest BCUT2D eigenvalue weighted by molar-refractivity contribution is -0.138. The Labute approximate surface area is 183 Å². The summed E-state index contributed by atoms with van der Waals surface area (Å²) in [5.74, 6) is 0.719. The monoisotopic (exact) mass is 441 g/mol. The van der Waals surface area contributed by atoms with E-state index in [2.05, 4.69) is 28.6 Å². The summed E-state index contributed by atoms with van der Waals surface area (Å²) in [5.41, 5.74) is -0.736. The Morgan fingerprint density at radius 2 is 1.71 bits per heavy atom. The standard InChI is InChI=1S/C22H34F3N5O/c1-3-5-19(4-2)28-12-14-30(15-13-28)21(31)17-27-8-10-29(11-9-27)20-7-6-18(16-26-20)22(23,24)25/h6-7,16,19H,3-5,8-15,17H2,1-2H3. The van der Waals surface area contributed by atoms with Gasteiger partial charge in [0.2, 0.25) is 5.91 Å². The molecule has 0 spiro atoms. The third kappa shape index (κ3) is 6.32. The Morgan fingerprint density at radius 3 is 2.23 bits per heavy atom. The van der Waals surface area contributed by atoms with Crippen molar-refractivity contribution in [2.45, 2.75) is 45.3 Å². The molecule has 3 rings (SSSR count). The van der Waals surface area contributed by atoms with Crippen LogP contribution >= 0.6 is 0 Å². The smallest absolute Gasteiger partial charge is 0.354 e. The molecule has 3 heterocycles. The van der Waals surface area contributed by atoms with E-state index in [1.54, 1.807) is 0 Å². The highest BCUT2D eigenvalue weighted by molar-refractivity contribution is 5.78. The van der Waals surface area contributed by atoms with Gasteiger partial charge in [0.1, 0.15) is 5.82 Å². The number of hydrogen-bond acceptors (Lipinski definition) is 5. The highest BCUT2D eigenvalue weighted by Gasteiger charge is 2.31. The lowest BCUT2D eigenvalue weighted by atomic mass is 10.1. The Morgan fingerprint density at radius 1 is 1.03 bits per heavy atom. The first kappa shape index (κ1) is 23.8. The van der Waals surface area contributed by atoms with Crippen LogP contribution in [0.1, 0.15) is 38.7 Å². The quantitative estimate of drug-likeness (QED) is 0.651. The van der Waals surface area contributed by atoms with Gasteiger partial charge in [0.25, 0.3) is 0 Å². The number of halogens is 3. The second kappa shape index (κ2) is 10.6. The first-order chi connectivity index (χ1) is 14.8. The fourth-order valence-electron chi connectivity index (χ4n) is 4.48. The van der Waals surface area contributed by atoms with E-state index in [4.69, 9.17) is 0 Å². The van der Waals surface area contributed by atoms with Crippen LogP contribution in [-0.2, 0) is 11.0 Å². The van der Waals surface area contributed by atoms with E-state index < -0.39 is 11.7 Å². The maximum atomic E-state index is 12.8. The summed E-state index contributed by atoms with van der Waals surface area (Å²) in [6.45, 7) is 11.0. The highest BCUT2D eigenvalue weighted by Crippen LogP contribution is 2.29. The molecule has 0 saturated carbocycles. The molecular weight excluding hydrogens is 407 g/mol. The molecule has 0 bridgehead atoms. The van der Waals surface area contributed by atoms with Crippen molar-refractivity contribution in [2.24, 2.45) is 0 Å². The molecule has 2 aliphatic rings. The predicted molar refractivity (Wildman–Crippen MR) is 115 cm³/mol. The van der Waals surface area contributed by atoms with Gasteiger partial charge in [0.05, 0.1) is 12.1 Å². The third-order valence-electron chi connectivity index (χ3n) is 6.41. The largest absolute Gasteiger partial charge is 0.417 e. The third-order valence-corrected chi connectivity index (χ3v) is 6.41. The molecule has 2 aliphatic heterocycles. The van der Waals surface area contributed by atoms with Crippen LogP contribution in [-0.4, -0.2) is 90.5 Å². The van der Waals surface area contributed by atoms with Gasteiger partial charge in [-0.25, -0.2) is 4.98 Å². The number of nitrogens with zero attached hydrogens (tertiary/aromatic N) is 5. The van der Waals surface area contributed by atoms with Crippen molar-refractivity contribution >= 4 is 11.7 Å². The van der Waals surface area contributed by atoms with Crippen LogP contribution in [0.25, 0.3) is 0 Å². The van der Waals surface area contributed by atoms with Gasteiger partial charge in [-0.3, -0.25) is 14.6 Å². The summed E-state index contributed by atoms with van der Waals surface area (Å²) in [6, 6.07) is 3.11. The van der Waals surface area contributed by atoms with Crippen molar-refractivity contribution in [1.82, 2.24) is 19.7 Å². The van der Waals surface area contributed by atoms with Crippen molar-refractivity contribution < 1.29 is 18.0 Å². The van der Waals surface area contributed by atoms with Crippen molar-refractivity contribution in [1.29, 1.82) is 0 Å². The van der Waals surface area contributed by atoms with Crippen LogP contribution in [0.5, 0.6) is 0 Å². The zero-order valence-electron chi connectivity index (χ0n) is 18.6. The Bertz CT molecular complexity index is 696. The van der Waals surface area contributed by atoms with Crippen molar-refractivity contribution in [3.05, 3.63) is 23.9 Å². The van der Waals surface area contributed by atoms with E-state index in [1.165, 1.54) is 18.9 Å². The minimum atomic E-state index is -4.37. The zero-order valence-corrected chi connectivity index (χ0v) is 18.6. The van der Waals surface area contributed by atoms with Gasteiger partial charge in [-0.05, 0) is 25.0 Å². The van der Waals surface area contributed by atoms with Crippen LogP contribution < -0.4 is 4.90 Å². The molecule has 174 valence electrons. The maximum Gasteiger partial charge on any atom is 0.417 e. The lowest BCUT2D eigenvalue weighted by Crippen LogP contribution is -2.55. The van der Waals surface area contributed by atoms with Crippen LogP contribution in [0.4, 0.5) is 19.0 Å². The average Bonchev–Trinajstić information content (AvgIpc) is 2.77. The van der Waals surface area contributed by atoms with Gasteiger partial charge < -0.3 is 9.80 Å². The summed E-state index contributed by atoms with van der Waals surface area (Å²) in [4.78, 5) is 25.3. The van der Waals surface area contributed by atoms with Gasteiger partial charge in [0.15, 0.2) is 0 Å². The minimum absolute atomic E-state index is 0.171. The second-order valence-corrected chi connectivity index (χ2v) is 8.43. The molecule has 0 aromatic carbocycles. The average molecular weight is 442 g/mol. The van der Waals surface area contributed by atoms with E-state index in [0.29, 0.717) is 44.6 Å². The van der Waals surface area contributed by atoms with Crippen LogP contribution in [0.3, 0.4) is 0 Å². The molecule has 1 atom stereocenters. The first-order valence-electron chi connectivity index (χ1n) is 11.3. The number of aromatic nitrogens is 1. The van der Waals surface area contributed by atoms with Gasteiger partial charge >= 0.3 is 6.18 Å². The van der Waals surface area contributed by atoms with Crippen LogP contribution in [0, 0.1) is 0 Å². The molecular formula is C22H34F3N5O. The molecule has 1 aromatic heterocycles. The number of carbonyl (C=O) groups is 1. The molecule has 0 radical (unpaired) electrons. The zero-order chi connectivity index (χ0) is 22.4. The molecule has 1 unspecified atom stereocenters. The molecule has 0 aliphatic carbocycles. The number of alkyl halides is 3. The van der Waals surface area contributed by atoms with E-state index in [9.17, 15) is 18.0 Å². The summed E-state index contributed by atoms with van der Waals surface area (Å²) in [6.07, 6.45) is 0.0615. The van der Waals surface area contributed by atoms with Crippen LogP contribution in [0.15, 0.2) is 18.3 Å². The highest BCUT2D eigenvalue weighted by atomic mass is 19.4. The molecule has 1 aromatic rings. The first-order valence-corrected chi connectivity index (χ1v) is 11.3. The number of anilines is 1. The second-order valence-electron chi connectivity index (χ2n) is 8.43. The maximum absolute atomic E-state index is 12.8. The summed E-state index contributed by atoms with van der Waals surface area (Å²) in [5, 5.41) is 0. The summed E-state index contributed by atoms with van der Waals surface area (Å²) >= 11 is 0. The number of amides is 1. The number of piperazine rings is 2. The Balaban J connectivity index is 1.42. The summed E-state index contributed by atoms with van der Waals surface area (Å²) in [7, 11) is 0. The molecule has 1 amide bonds. The van der Waals surface area contributed by atoms with E-state index in [0.717, 1.165) is 44.9 Å². The van der Waals surface area contributed by atoms with Gasteiger partial charge in [-0.1, -0.05) is 20.3 Å². The van der Waals surface area contributed by atoms with Crippen molar-refractivity contribution in [2.75, 3.05) is 63.8 Å². The van der Waals surface area contributed by atoms with Gasteiger partial charge in [-0.15, -0.1) is 0 Å². The lowest BCUT2D eigenvalue weighted by Gasteiger charge is -2.40. The molecule has 31 heavy (non-hydrogen) atoms. The predicted octanol–water partition coefficient (Wildman–Crippen LogP) is 2.95.